The van der Waals surface area contributed by atoms with Crippen LogP contribution in [0.3, 0.4) is 0 Å². The Balaban J connectivity index is 1.72. The van der Waals surface area contributed by atoms with Gasteiger partial charge in [0.2, 0.25) is 0 Å². The Labute approximate surface area is 188 Å². The van der Waals surface area contributed by atoms with Gasteiger partial charge >= 0.3 is 0 Å². The van der Waals surface area contributed by atoms with E-state index in [9.17, 15) is 9.65 Å². The molecule has 4 aromatic carbocycles. The average molecular weight is 425 g/mol. The second-order valence-corrected chi connectivity index (χ2v) is 7.98. The van der Waals surface area contributed by atoms with Crippen LogP contribution < -0.4 is 10.1 Å². The molecule has 0 aromatic heterocycles. The van der Waals surface area contributed by atoms with E-state index in [1.54, 1.807) is 19.2 Å². The lowest BCUT2D eigenvalue weighted by molar-refractivity contribution is 0.412. The standard InChI is InChI=1S/C28H25FN2O/c1-18(20-8-6-9-25(15-20)32-3)31-19(2)23-13-21-7-4-5-10-26(21)27(16-23)22-11-12-28(29)24(14-22)17-30/h4-16,18-19,31H,1-3H3/t18-,19?/m1/s1. The number of ether oxygens (including phenoxy) is 1. The van der Waals surface area contributed by atoms with Crippen molar-refractivity contribution in [2.75, 3.05) is 7.11 Å². The Morgan fingerprint density at radius 3 is 2.44 bits per heavy atom. The third-order valence-electron chi connectivity index (χ3n) is 5.88. The fourth-order valence-electron chi connectivity index (χ4n) is 4.08. The minimum Gasteiger partial charge on any atom is -0.497 e. The zero-order valence-corrected chi connectivity index (χ0v) is 18.4. The number of methoxy groups -OCH3 is 1. The molecule has 0 heterocycles. The summed E-state index contributed by atoms with van der Waals surface area (Å²) in [6.07, 6.45) is 0. The van der Waals surface area contributed by atoms with Gasteiger partial charge in [-0.25, -0.2) is 4.39 Å². The summed E-state index contributed by atoms with van der Waals surface area (Å²) in [6, 6.07) is 27.4. The zero-order valence-electron chi connectivity index (χ0n) is 18.4. The predicted octanol–water partition coefficient (Wildman–Crippen LogP) is 6.94. The summed E-state index contributed by atoms with van der Waals surface area (Å²) >= 11 is 0. The number of fused-ring (bicyclic) bond motifs is 1. The van der Waals surface area contributed by atoms with Crippen LogP contribution in [0.1, 0.15) is 42.6 Å². The van der Waals surface area contributed by atoms with Gasteiger partial charge in [-0.2, -0.15) is 5.26 Å². The number of benzene rings is 4. The largest absolute Gasteiger partial charge is 0.497 e. The van der Waals surface area contributed by atoms with Crippen LogP contribution in [0.5, 0.6) is 5.75 Å². The Hall–Kier alpha value is -3.68. The van der Waals surface area contributed by atoms with E-state index in [-0.39, 0.29) is 17.6 Å². The highest BCUT2D eigenvalue weighted by atomic mass is 19.1. The summed E-state index contributed by atoms with van der Waals surface area (Å²) in [5.74, 6) is 0.334. The van der Waals surface area contributed by atoms with Gasteiger partial charge in [0, 0.05) is 12.1 Å². The number of halogens is 1. The first-order valence-electron chi connectivity index (χ1n) is 10.6. The molecular weight excluding hydrogens is 399 g/mol. The molecule has 0 saturated heterocycles. The molecule has 1 N–H and O–H groups in total. The van der Waals surface area contributed by atoms with Gasteiger partial charge in [-0.1, -0.05) is 42.5 Å². The summed E-state index contributed by atoms with van der Waals surface area (Å²) in [7, 11) is 1.67. The van der Waals surface area contributed by atoms with Gasteiger partial charge in [-0.3, -0.25) is 0 Å². The lowest BCUT2D eigenvalue weighted by atomic mass is 9.92. The molecule has 4 rings (SSSR count). The van der Waals surface area contributed by atoms with E-state index in [0.717, 1.165) is 38.8 Å². The van der Waals surface area contributed by atoms with Crippen molar-refractivity contribution in [3.63, 3.8) is 0 Å². The third-order valence-corrected chi connectivity index (χ3v) is 5.88. The van der Waals surface area contributed by atoms with Gasteiger partial charge in [0.1, 0.15) is 17.6 Å². The Bertz CT molecular complexity index is 1310. The molecule has 0 saturated carbocycles. The number of hydrogen-bond donors (Lipinski definition) is 1. The first-order valence-corrected chi connectivity index (χ1v) is 10.6. The molecule has 1 unspecified atom stereocenters. The van der Waals surface area contributed by atoms with Crippen molar-refractivity contribution in [2.45, 2.75) is 25.9 Å². The van der Waals surface area contributed by atoms with E-state index >= 15 is 0 Å². The summed E-state index contributed by atoms with van der Waals surface area (Å²) in [6.45, 7) is 4.27. The van der Waals surface area contributed by atoms with Crippen LogP contribution in [0.15, 0.2) is 78.9 Å². The molecule has 0 bridgehead atoms. The summed E-state index contributed by atoms with van der Waals surface area (Å²) in [5.41, 5.74) is 4.13. The normalized spacial score (nSPS) is 12.8. The molecule has 160 valence electrons. The Morgan fingerprint density at radius 2 is 1.66 bits per heavy atom. The van der Waals surface area contributed by atoms with Crippen molar-refractivity contribution in [1.82, 2.24) is 5.32 Å². The lowest BCUT2D eigenvalue weighted by Crippen LogP contribution is -2.22. The fraction of sp³-hybridized carbons (Fsp3) is 0.179. The van der Waals surface area contributed by atoms with Crippen LogP contribution >= 0.6 is 0 Å². The molecular formula is C28H25FN2O. The summed E-state index contributed by atoms with van der Waals surface area (Å²) in [4.78, 5) is 0. The van der Waals surface area contributed by atoms with Crippen LogP contribution in [-0.2, 0) is 0 Å². The maximum absolute atomic E-state index is 13.9. The van der Waals surface area contributed by atoms with Gasteiger partial charge in [-0.15, -0.1) is 0 Å². The maximum atomic E-state index is 13.9. The summed E-state index contributed by atoms with van der Waals surface area (Å²) < 4.78 is 19.3. The van der Waals surface area contributed by atoms with Gasteiger partial charge < -0.3 is 10.1 Å². The maximum Gasteiger partial charge on any atom is 0.140 e. The molecule has 0 aliphatic carbocycles. The molecule has 4 aromatic rings. The lowest BCUT2D eigenvalue weighted by Gasteiger charge is -2.22. The van der Waals surface area contributed by atoms with Crippen molar-refractivity contribution in [1.29, 1.82) is 5.26 Å². The van der Waals surface area contributed by atoms with Gasteiger partial charge in [0.25, 0.3) is 0 Å². The van der Waals surface area contributed by atoms with Crippen LogP contribution in [-0.4, -0.2) is 7.11 Å². The summed E-state index contributed by atoms with van der Waals surface area (Å²) in [5, 5.41) is 15.1. The smallest absolute Gasteiger partial charge is 0.140 e. The molecule has 0 fully saturated rings. The van der Waals surface area contributed by atoms with Crippen LogP contribution in [0.25, 0.3) is 21.9 Å². The monoisotopic (exact) mass is 424 g/mol. The number of nitrogens with one attached hydrogen (secondary N) is 1. The fourth-order valence-corrected chi connectivity index (χ4v) is 4.08. The molecule has 0 amide bonds. The highest BCUT2D eigenvalue weighted by Gasteiger charge is 2.15. The molecule has 0 aliphatic rings. The molecule has 0 spiro atoms. The van der Waals surface area contributed by atoms with E-state index in [0.29, 0.717) is 0 Å². The minimum absolute atomic E-state index is 0.0507. The molecule has 0 aliphatic heterocycles. The van der Waals surface area contributed by atoms with Crippen molar-refractivity contribution in [3.8, 4) is 22.9 Å². The van der Waals surface area contributed by atoms with E-state index in [4.69, 9.17) is 4.74 Å². The van der Waals surface area contributed by atoms with E-state index < -0.39 is 5.82 Å². The molecule has 4 heteroatoms. The quantitative estimate of drug-likeness (QED) is 0.365. The topological polar surface area (TPSA) is 45.0 Å². The van der Waals surface area contributed by atoms with Crippen molar-refractivity contribution >= 4 is 10.8 Å². The highest BCUT2D eigenvalue weighted by Crippen LogP contribution is 2.34. The first-order chi connectivity index (χ1) is 15.5. The van der Waals surface area contributed by atoms with Crippen molar-refractivity contribution < 1.29 is 9.13 Å². The van der Waals surface area contributed by atoms with E-state index in [1.807, 2.05) is 36.4 Å². The van der Waals surface area contributed by atoms with Gasteiger partial charge in [-0.05, 0) is 83.3 Å². The van der Waals surface area contributed by atoms with E-state index in [1.165, 1.54) is 6.07 Å². The SMILES string of the molecule is COc1cccc([C@@H](C)NC(C)c2cc(-c3ccc(F)c(C#N)c3)c3ccccc3c2)c1. The predicted molar refractivity (Wildman–Crippen MR) is 127 cm³/mol. The van der Waals surface area contributed by atoms with Gasteiger partial charge in [0.15, 0.2) is 0 Å². The number of hydrogen-bond acceptors (Lipinski definition) is 3. The van der Waals surface area contributed by atoms with Crippen LogP contribution in [0, 0.1) is 17.1 Å². The number of rotatable bonds is 6. The minimum atomic E-state index is -0.501. The number of nitrogens with zero attached hydrogens (tertiary/aromatic N) is 1. The van der Waals surface area contributed by atoms with Gasteiger partial charge in [0.05, 0.1) is 12.7 Å². The molecule has 0 radical (unpaired) electrons. The highest BCUT2D eigenvalue weighted by molar-refractivity contribution is 5.97. The van der Waals surface area contributed by atoms with Crippen LogP contribution in [0.4, 0.5) is 4.39 Å². The molecule has 2 atom stereocenters. The Kier molecular flexibility index (Phi) is 6.20. The van der Waals surface area contributed by atoms with Crippen LogP contribution in [0.2, 0.25) is 0 Å². The first kappa shape index (κ1) is 21.5. The number of nitriles is 1. The Morgan fingerprint density at radius 1 is 0.875 bits per heavy atom. The molecule has 3 nitrogen and oxygen atoms in total. The van der Waals surface area contributed by atoms with Crippen molar-refractivity contribution in [2.24, 2.45) is 0 Å². The van der Waals surface area contributed by atoms with E-state index in [2.05, 4.69) is 49.5 Å². The third kappa shape index (κ3) is 4.34. The van der Waals surface area contributed by atoms with Crippen molar-refractivity contribution in [3.05, 3.63) is 101 Å². The molecule has 32 heavy (non-hydrogen) atoms. The zero-order chi connectivity index (χ0) is 22.7. The average Bonchev–Trinajstić information content (AvgIpc) is 2.83. The second kappa shape index (κ2) is 9.21. The second-order valence-electron chi connectivity index (χ2n) is 7.98.